The number of piperidine rings is 1. The summed E-state index contributed by atoms with van der Waals surface area (Å²) < 4.78 is 1.07. The van der Waals surface area contributed by atoms with Gasteiger partial charge in [-0.05, 0) is 72.6 Å². The molecule has 0 radical (unpaired) electrons. The SMILES string of the molecule is Cc1cc(Br)cnc1N1CCCC(C2CCCN2)C1. The van der Waals surface area contributed by atoms with E-state index in [1.807, 2.05) is 6.20 Å². The van der Waals surface area contributed by atoms with Gasteiger partial charge in [-0.25, -0.2) is 4.98 Å². The summed E-state index contributed by atoms with van der Waals surface area (Å²) in [6.45, 7) is 5.67. The van der Waals surface area contributed by atoms with Crippen molar-refractivity contribution in [1.82, 2.24) is 10.3 Å². The lowest BCUT2D eigenvalue weighted by Gasteiger charge is -2.37. The van der Waals surface area contributed by atoms with Crippen molar-refractivity contribution in [1.29, 1.82) is 0 Å². The molecule has 3 nitrogen and oxygen atoms in total. The summed E-state index contributed by atoms with van der Waals surface area (Å²) in [5.41, 5.74) is 1.27. The highest BCUT2D eigenvalue weighted by Crippen LogP contribution is 2.29. The van der Waals surface area contributed by atoms with E-state index in [1.54, 1.807) is 0 Å². The fourth-order valence-corrected chi connectivity index (χ4v) is 3.95. The Morgan fingerprint density at radius 3 is 3.00 bits per heavy atom. The van der Waals surface area contributed by atoms with E-state index in [9.17, 15) is 0 Å². The zero-order valence-electron chi connectivity index (χ0n) is 11.5. The maximum Gasteiger partial charge on any atom is 0.131 e. The Morgan fingerprint density at radius 2 is 2.26 bits per heavy atom. The molecule has 104 valence electrons. The zero-order chi connectivity index (χ0) is 13.2. The van der Waals surface area contributed by atoms with Gasteiger partial charge in [-0.15, -0.1) is 0 Å². The van der Waals surface area contributed by atoms with Crippen LogP contribution >= 0.6 is 15.9 Å². The Bertz CT molecular complexity index is 443. The Morgan fingerprint density at radius 1 is 1.37 bits per heavy atom. The number of nitrogens with one attached hydrogen (secondary N) is 1. The number of anilines is 1. The topological polar surface area (TPSA) is 28.2 Å². The van der Waals surface area contributed by atoms with E-state index in [1.165, 1.54) is 43.6 Å². The van der Waals surface area contributed by atoms with Gasteiger partial charge < -0.3 is 10.2 Å². The van der Waals surface area contributed by atoms with E-state index in [2.05, 4.69) is 44.1 Å². The van der Waals surface area contributed by atoms with Gasteiger partial charge in [-0.1, -0.05) is 0 Å². The lowest BCUT2D eigenvalue weighted by molar-refractivity contribution is 0.327. The highest BCUT2D eigenvalue weighted by molar-refractivity contribution is 9.10. The zero-order valence-corrected chi connectivity index (χ0v) is 13.1. The van der Waals surface area contributed by atoms with Crippen molar-refractivity contribution in [3.63, 3.8) is 0 Å². The predicted molar refractivity (Wildman–Crippen MR) is 82.6 cm³/mol. The third-order valence-electron chi connectivity index (χ3n) is 4.44. The molecule has 2 fully saturated rings. The van der Waals surface area contributed by atoms with Gasteiger partial charge in [0.05, 0.1) is 0 Å². The first kappa shape index (κ1) is 13.4. The number of aromatic nitrogens is 1. The van der Waals surface area contributed by atoms with Crippen molar-refractivity contribution in [3.8, 4) is 0 Å². The van der Waals surface area contributed by atoms with E-state index < -0.39 is 0 Å². The first-order chi connectivity index (χ1) is 9.24. The molecule has 3 heterocycles. The van der Waals surface area contributed by atoms with Crippen LogP contribution in [0.15, 0.2) is 16.7 Å². The fourth-order valence-electron chi connectivity index (χ4n) is 3.51. The maximum atomic E-state index is 4.62. The summed E-state index contributed by atoms with van der Waals surface area (Å²) in [6.07, 6.45) is 7.27. The molecule has 2 unspecified atom stereocenters. The second-order valence-corrected chi connectivity index (χ2v) is 6.76. The highest BCUT2D eigenvalue weighted by atomic mass is 79.9. The molecule has 0 spiro atoms. The van der Waals surface area contributed by atoms with E-state index in [4.69, 9.17) is 0 Å². The molecule has 2 aliphatic heterocycles. The molecule has 0 saturated carbocycles. The minimum absolute atomic E-state index is 0.735. The molecule has 0 amide bonds. The highest BCUT2D eigenvalue weighted by Gasteiger charge is 2.29. The minimum Gasteiger partial charge on any atom is -0.356 e. The van der Waals surface area contributed by atoms with E-state index in [0.29, 0.717) is 0 Å². The van der Waals surface area contributed by atoms with Crippen LogP contribution in [-0.2, 0) is 0 Å². The molecule has 4 heteroatoms. The normalized spacial score (nSPS) is 27.8. The van der Waals surface area contributed by atoms with E-state index in [0.717, 1.165) is 29.5 Å². The molecule has 19 heavy (non-hydrogen) atoms. The van der Waals surface area contributed by atoms with E-state index in [-0.39, 0.29) is 0 Å². The molecule has 0 aromatic carbocycles. The number of halogens is 1. The van der Waals surface area contributed by atoms with Crippen molar-refractivity contribution >= 4 is 21.7 Å². The van der Waals surface area contributed by atoms with Crippen molar-refractivity contribution in [2.24, 2.45) is 5.92 Å². The summed E-state index contributed by atoms with van der Waals surface area (Å²) >= 11 is 3.50. The smallest absolute Gasteiger partial charge is 0.131 e. The lowest BCUT2D eigenvalue weighted by atomic mass is 9.89. The predicted octanol–water partition coefficient (Wildman–Crippen LogP) is 3.12. The van der Waals surface area contributed by atoms with Crippen molar-refractivity contribution in [2.45, 2.75) is 38.6 Å². The van der Waals surface area contributed by atoms with Crippen LogP contribution < -0.4 is 10.2 Å². The number of nitrogens with zero attached hydrogens (tertiary/aromatic N) is 2. The number of rotatable bonds is 2. The Hall–Kier alpha value is -0.610. The monoisotopic (exact) mass is 323 g/mol. The number of aryl methyl sites for hydroxylation is 1. The van der Waals surface area contributed by atoms with Gasteiger partial charge in [0, 0.05) is 29.8 Å². The Kier molecular flexibility index (Phi) is 4.08. The van der Waals surface area contributed by atoms with Gasteiger partial charge in [-0.3, -0.25) is 0 Å². The van der Waals surface area contributed by atoms with Crippen LogP contribution in [0.1, 0.15) is 31.2 Å². The molecule has 1 aromatic rings. The standard InChI is InChI=1S/C15H22BrN3/c1-11-8-13(16)9-18-15(11)19-7-3-4-12(10-19)14-5-2-6-17-14/h8-9,12,14,17H,2-7,10H2,1H3. The number of pyridine rings is 1. The van der Waals surface area contributed by atoms with Gasteiger partial charge in [0.2, 0.25) is 0 Å². The number of hydrogen-bond acceptors (Lipinski definition) is 3. The van der Waals surface area contributed by atoms with Gasteiger partial charge in [0.15, 0.2) is 0 Å². The van der Waals surface area contributed by atoms with Crippen molar-refractivity contribution < 1.29 is 0 Å². The van der Waals surface area contributed by atoms with Gasteiger partial charge in [0.25, 0.3) is 0 Å². The third-order valence-corrected chi connectivity index (χ3v) is 4.88. The number of hydrogen-bond donors (Lipinski definition) is 1. The molecule has 0 aliphatic carbocycles. The average molecular weight is 324 g/mol. The van der Waals surface area contributed by atoms with Crippen LogP contribution in [0.4, 0.5) is 5.82 Å². The first-order valence-corrected chi connectivity index (χ1v) is 8.14. The second-order valence-electron chi connectivity index (χ2n) is 5.85. The van der Waals surface area contributed by atoms with Crippen LogP contribution in [0.5, 0.6) is 0 Å². The Balaban J connectivity index is 1.73. The lowest BCUT2D eigenvalue weighted by Crippen LogP contribution is -2.44. The molecule has 2 saturated heterocycles. The van der Waals surface area contributed by atoms with Gasteiger partial charge >= 0.3 is 0 Å². The average Bonchev–Trinajstić information content (AvgIpc) is 2.93. The van der Waals surface area contributed by atoms with Crippen molar-refractivity contribution in [2.75, 3.05) is 24.5 Å². The first-order valence-electron chi connectivity index (χ1n) is 7.34. The largest absolute Gasteiger partial charge is 0.356 e. The van der Waals surface area contributed by atoms with Crippen LogP contribution in [0, 0.1) is 12.8 Å². The summed E-state index contributed by atoms with van der Waals surface area (Å²) in [5, 5.41) is 3.67. The van der Waals surface area contributed by atoms with Crippen LogP contribution in [0.2, 0.25) is 0 Å². The molecular formula is C15H22BrN3. The van der Waals surface area contributed by atoms with Crippen LogP contribution in [0.3, 0.4) is 0 Å². The molecule has 0 bridgehead atoms. The van der Waals surface area contributed by atoms with Crippen molar-refractivity contribution in [3.05, 3.63) is 22.3 Å². The molecule has 2 atom stereocenters. The summed E-state index contributed by atoms with van der Waals surface area (Å²) in [5.74, 6) is 1.96. The maximum absolute atomic E-state index is 4.62. The fraction of sp³-hybridized carbons (Fsp3) is 0.667. The molecular weight excluding hydrogens is 302 g/mol. The van der Waals surface area contributed by atoms with Crippen LogP contribution in [0.25, 0.3) is 0 Å². The Labute approximate surface area is 123 Å². The summed E-state index contributed by atoms with van der Waals surface area (Å²) in [4.78, 5) is 7.10. The molecule has 2 aliphatic rings. The summed E-state index contributed by atoms with van der Waals surface area (Å²) in [6, 6.07) is 2.90. The van der Waals surface area contributed by atoms with Gasteiger partial charge in [-0.2, -0.15) is 0 Å². The molecule has 3 rings (SSSR count). The molecule has 1 aromatic heterocycles. The minimum atomic E-state index is 0.735. The second kappa shape index (κ2) is 5.80. The molecule has 1 N–H and O–H groups in total. The van der Waals surface area contributed by atoms with Crippen LogP contribution in [-0.4, -0.2) is 30.7 Å². The summed E-state index contributed by atoms with van der Waals surface area (Å²) in [7, 11) is 0. The third kappa shape index (κ3) is 2.95. The van der Waals surface area contributed by atoms with Gasteiger partial charge in [0.1, 0.15) is 5.82 Å². The van der Waals surface area contributed by atoms with E-state index >= 15 is 0 Å². The quantitative estimate of drug-likeness (QED) is 0.906.